The van der Waals surface area contributed by atoms with Crippen LogP contribution in [0.3, 0.4) is 0 Å². The van der Waals surface area contributed by atoms with E-state index in [2.05, 4.69) is 12.6 Å². The molecule has 0 radical (unpaired) electrons. The predicted octanol–water partition coefficient (Wildman–Crippen LogP) is 0.188. The lowest BCUT2D eigenvalue weighted by Crippen LogP contribution is -2.45. The minimum absolute atomic E-state index is 0.249. The lowest BCUT2D eigenvalue weighted by atomic mass is 10.1. The second-order valence-corrected chi connectivity index (χ2v) is 4.80. The van der Waals surface area contributed by atoms with Gasteiger partial charge < -0.3 is 24.8 Å². The van der Waals surface area contributed by atoms with E-state index in [0.29, 0.717) is 0 Å². The van der Waals surface area contributed by atoms with E-state index in [9.17, 15) is 10.2 Å². The minimum Gasteiger partial charge on any atom is -0.395 e. The van der Waals surface area contributed by atoms with Crippen LogP contribution in [0.15, 0.2) is 30.3 Å². The number of hydrogen-bond acceptors (Lipinski definition) is 6. The molecule has 5 nitrogen and oxygen atoms in total. The summed E-state index contributed by atoms with van der Waals surface area (Å²) in [4.78, 5) is 0. The Bertz CT molecular complexity index is 348. The van der Waals surface area contributed by atoms with Gasteiger partial charge in [0.25, 0.3) is 0 Å². The van der Waals surface area contributed by atoms with Gasteiger partial charge in [0.15, 0.2) is 6.29 Å². The third kappa shape index (κ3) is 5.10. The van der Waals surface area contributed by atoms with Crippen molar-refractivity contribution in [2.45, 2.75) is 30.4 Å². The van der Waals surface area contributed by atoms with Crippen molar-refractivity contribution >= 4 is 12.6 Å². The maximum atomic E-state index is 9.90. The Hall–Kier alpha value is -0.630. The summed E-state index contributed by atoms with van der Waals surface area (Å²) in [5.74, 6) is 0. The predicted molar refractivity (Wildman–Crippen MR) is 73.9 cm³/mol. The molecule has 0 aliphatic carbocycles. The Balaban J connectivity index is 2.53. The van der Waals surface area contributed by atoms with E-state index in [0.717, 1.165) is 5.56 Å². The molecule has 0 aliphatic rings. The minimum atomic E-state index is -1.29. The van der Waals surface area contributed by atoms with Crippen LogP contribution in [0.25, 0.3) is 0 Å². The van der Waals surface area contributed by atoms with Crippen molar-refractivity contribution < 1.29 is 24.8 Å². The molecule has 0 spiro atoms. The highest BCUT2D eigenvalue weighted by Crippen LogP contribution is 2.14. The van der Waals surface area contributed by atoms with Crippen molar-refractivity contribution in [2.24, 2.45) is 0 Å². The van der Waals surface area contributed by atoms with Crippen molar-refractivity contribution in [1.82, 2.24) is 0 Å². The fraction of sp³-hybridized carbons (Fsp3) is 0.538. The van der Waals surface area contributed by atoms with Crippen LogP contribution in [0.1, 0.15) is 5.56 Å². The van der Waals surface area contributed by atoms with E-state index in [1.54, 1.807) is 0 Å². The fourth-order valence-electron chi connectivity index (χ4n) is 1.56. The zero-order valence-electron chi connectivity index (χ0n) is 10.7. The van der Waals surface area contributed by atoms with E-state index in [1.807, 2.05) is 30.3 Å². The molecule has 0 aliphatic heterocycles. The van der Waals surface area contributed by atoms with E-state index in [1.165, 1.54) is 7.11 Å². The summed E-state index contributed by atoms with van der Waals surface area (Å²) in [5.41, 5.74) is 0.927. The molecule has 3 N–H and O–H groups in total. The molecule has 0 fully saturated rings. The number of ether oxygens (including phenoxy) is 2. The van der Waals surface area contributed by atoms with E-state index >= 15 is 0 Å². The van der Waals surface area contributed by atoms with Crippen molar-refractivity contribution in [3.63, 3.8) is 0 Å². The largest absolute Gasteiger partial charge is 0.395 e. The molecule has 4 atom stereocenters. The van der Waals surface area contributed by atoms with Gasteiger partial charge in [-0.05, 0) is 5.56 Å². The van der Waals surface area contributed by atoms with Crippen LogP contribution in [0.2, 0.25) is 0 Å². The van der Waals surface area contributed by atoms with E-state index < -0.39 is 23.7 Å². The van der Waals surface area contributed by atoms with Crippen molar-refractivity contribution in [1.29, 1.82) is 0 Å². The molecule has 19 heavy (non-hydrogen) atoms. The second-order valence-electron chi connectivity index (χ2n) is 4.13. The average Bonchev–Trinajstić information content (AvgIpc) is 2.47. The summed E-state index contributed by atoms with van der Waals surface area (Å²) < 4.78 is 10.4. The summed E-state index contributed by atoms with van der Waals surface area (Å²) in [5, 5.41) is 27.8. The van der Waals surface area contributed by atoms with Gasteiger partial charge in [-0.15, -0.1) is 0 Å². The van der Waals surface area contributed by atoms with Gasteiger partial charge in [0.1, 0.15) is 6.10 Å². The molecular weight excluding hydrogens is 268 g/mol. The summed E-state index contributed by atoms with van der Waals surface area (Å²) in [6, 6.07) is 9.40. The smallest absolute Gasteiger partial charge is 0.186 e. The first-order valence-electron chi connectivity index (χ1n) is 5.93. The maximum Gasteiger partial charge on any atom is 0.186 e. The number of rotatable bonds is 8. The fourth-order valence-corrected chi connectivity index (χ4v) is 1.73. The van der Waals surface area contributed by atoms with Crippen LogP contribution in [0, 0.1) is 0 Å². The van der Waals surface area contributed by atoms with Gasteiger partial charge >= 0.3 is 0 Å². The topological polar surface area (TPSA) is 79.2 Å². The van der Waals surface area contributed by atoms with Gasteiger partial charge in [0.05, 0.1) is 24.6 Å². The Morgan fingerprint density at radius 3 is 2.32 bits per heavy atom. The highest BCUT2D eigenvalue weighted by atomic mass is 32.1. The van der Waals surface area contributed by atoms with E-state index in [4.69, 9.17) is 14.6 Å². The first kappa shape index (κ1) is 16.4. The van der Waals surface area contributed by atoms with Crippen molar-refractivity contribution in [2.75, 3.05) is 13.7 Å². The van der Waals surface area contributed by atoms with Crippen LogP contribution in [0.4, 0.5) is 0 Å². The Morgan fingerprint density at radius 2 is 1.79 bits per heavy atom. The second kappa shape index (κ2) is 8.52. The Labute approximate surface area is 118 Å². The summed E-state index contributed by atoms with van der Waals surface area (Å²) in [7, 11) is 1.37. The zero-order valence-corrected chi connectivity index (χ0v) is 11.6. The van der Waals surface area contributed by atoms with Crippen LogP contribution in [0.5, 0.6) is 0 Å². The molecule has 108 valence electrons. The van der Waals surface area contributed by atoms with Crippen molar-refractivity contribution in [3.8, 4) is 0 Å². The highest BCUT2D eigenvalue weighted by Gasteiger charge is 2.31. The van der Waals surface area contributed by atoms with Crippen LogP contribution < -0.4 is 0 Å². The van der Waals surface area contributed by atoms with Crippen LogP contribution in [-0.4, -0.2) is 52.8 Å². The van der Waals surface area contributed by atoms with Gasteiger partial charge in [-0.2, -0.15) is 12.6 Å². The lowest BCUT2D eigenvalue weighted by Gasteiger charge is -2.28. The Morgan fingerprint density at radius 1 is 1.16 bits per heavy atom. The number of thiol groups is 1. The van der Waals surface area contributed by atoms with Crippen LogP contribution >= 0.6 is 12.6 Å². The van der Waals surface area contributed by atoms with Gasteiger partial charge in [0, 0.05) is 7.11 Å². The van der Waals surface area contributed by atoms with Gasteiger partial charge in [-0.3, -0.25) is 0 Å². The van der Waals surface area contributed by atoms with Gasteiger partial charge in [0.2, 0.25) is 0 Å². The normalized spacial score (nSPS) is 17.7. The highest BCUT2D eigenvalue weighted by molar-refractivity contribution is 7.81. The summed E-state index contributed by atoms with van der Waals surface area (Å²) >= 11 is 3.96. The number of aliphatic hydroxyl groups is 3. The summed E-state index contributed by atoms with van der Waals surface area (Å²) in [6.07, 6.45) is -3.52. The standard InChI is InChI=1S/C13H20O5S/c1-17-13(12(16)11(15)10(19)7-14)18-8-9-5-3-2-4-6-9/h2-6,10-16,19H,7-8H2,1H3/t10-,11+,12+,13?/m1/s1. The molecule has 0 bridgehead atoms. The maximum absolute atomic E-state index is 9.90. The number of methoxy groups -OCH3 is 1. The molecule has 1 rings (SSSR count). The molecule has 0 saturated carbocycles. The summed E-state index contributed by atoms with van der Waals surface area (Å²) in [6.45, 7) is -0.101. The van der Waals surface area contributed by atoms with Gasteiger partial charge in [-0.25, -0.2) is 0 Å². The van der Waals surface area contributed by atoms with Crippen molar-refractivity contribution in [3.05, 3.63) is 35.9 Å². The van der Waals surface area contributed by atoms with Gasteiger partial charge in [-0.1, -0.05) is 30.3 Å². The lowest BCUT2D eigenvalue weighted by molar-refractivity contribution is -0.209. The SMILES string of the molecule is COC(OCc1ccccc1)[C@@H](O)[C@@H](O)[C@H](S)CO. The number of benzene rings is 1. The molecule has 6 heteroatoms. The number of hydrogen-bond donors (Lipinski definition) is 4. The third-order valence-electron chi connectivity index (χ3n) is 2.70. The monoisotopic (exact) mass is 288 g/mol. The molecule has 1 aromatic rings. The average molecular weight is 288 g/mol. The quantitative estimate of drug-likeness (QED) is 0.406. The molecule has 1 aromatic carbocycles. The molecule has 0 amide bonds. The van der Waals surface area contributed by atoms with E-state index in [-0.39, 0.29) is 13.2 Å². The first-order valence-corrected chi connectivity index (χ1v) is 6.45. The zero-order chi connectivity index (χ0) is 14.3. The molecule has 0 heterocycles. The molecule has 0 saturated heterocycles. The first-order chi connectivity index (χ1) is 9.10. The number of aliphatic hydroxyl groups excluding tert-OH is 3. The Kier molecular flexibility index (Phi) is 7.37. The molecular formula is C13H20O5S. The third-order valence-corrected chi connectivity index (χ3v) is 3.17. The molecule has 1 unspecified atom stereocenters. The molecule has 0 aromatic heterocycles. The van der Waals surface area contributed by atoms with Crippen LogP contribution in [-0.2, 0) is 16.1 Å².